The van der Waals surface area contributed by atoms with Gasteiger partial charge in [-0.05, 0) is 41.5 Å². The second-order valence-corrected chi connectivity index (χ2v) is 5.81. The van der Waals surface area contributed by atoms with Gasteiger partial charge in [-0.3, -0.25) is 14.5 Å². The average Bonchev–Trinajstić information content (AvgIpc) is 2.85. The van der Waals surface area contributed by atoms with E-state index in [1.54, 1.807) is 24.3 Å². The first-order chi connectivity index (χ1) is 11.2. The van der Waals surface area contributed by atoms with Gasteiger partial charge in [-0.2, -0.15) is 0 Å². The van der Waals surface area contributed by atoms with E-state index in [1.807, 2.05) is 49.4 Å². The van der Waals surface area contributed by atoms with Gasteiger partial charge in [0.05, 0.1) is 17.2 Å². The monoisotopic (exact) mass is 301 g/mol. The number of hydrogen-bond donors (Lipinski definition) is 0. The zero-order chi connectivity index (χ0) is 16.0. The number of amides is 2. The lowest BCUT2D eigenvalue weighted by atomic mass is 10.0. The molecule has 1 aliphatic heterocycles. The Morgan fingerprint density at radius 2 is 1.30 bits per heavy atom. The van der Waals surface area contributed by atoms with Crippen molar-refractivity contribution in [3.63, 3.8) is 0 Å². The maximum atomic E-state index is 12.6. The van der Waals surface area contributed by atoms with Crippen molar-refractivity contribution >= 4 is 22.6 Å². The summed E-state index contributed by atoms with van der Waals surface area (Å²) < 4.78 is 0. The SMILES string of the molecule is C[C@H](c1ccc2ccccc2c1)N1C(=O)c2ccccc2C1=O. The third-order valence-corrected chi connectivity index (χ3v) is 4.47. The van der Waals surface area contributed by atoms with E-state index in [4.69, 9.17) is 0 Å². The van der Waals surface area contributed by atoms with Crippen LogP contribution >= 0.6 is 0 Å². The van der Waals surface area contributed by atoms with Crippen molar-refractivity contribution in [3.8, 4) is 0 Å². The fourth-order valence-electron chi connectivity index (χ4n) is 3.18. The van der Waals surface area contributed by atoms with Crippen molar-refractivity contribution < 1.29 is 9.59 Å². The van der Waals surface area contributed by atoms with E-state index >= 15 is 0 Å². The van der Waals surface area contributed by atoms with Crippen molar-refractivity contribution in [3.05, 3.63) is 83.4 Å². The van der Waals surface area contributed by atoms with Gasteiger partial charge in [0.15, 0.2) is 0 Å². The number of fused-ring (bicyclic) bond motifs is 2. The quantitative estimate of drug-likeness (QED) is 0.665. The number of carbonyl (C=O) groups is 2. The van der Waals surface area contributed by atoms with Crippen LogP contribution in [-0.4, -0.2) is 16.7 Å². The van der Waals surface area contributed by atoms with Crippen molar-refractivity contribution in [1.29, 1.82) is 0 Å². The predicted molar refractivity (Wildman–Crippen MR) is 89.3 cm³/mol. The Morgan fingerprint density at radius 3 is 1.96 bits per heavy atom. The van der Waals surface area contributed by atoms with Crippen molar-refractivity contribution in [1.82, 2.24) is 4.90 Å². The number of rotatable bonds is 2. The lowest BCUT2D eigenvalue weighted by Crippen LogP contribution is -2.32. The molecule has 3 aromatic rings. The largest absolute Gasteiger partial charge is 0.269 e. The molecule has 2 amide bonds. The van der Waals surface area contributed by atoms with Crippen molar-refractivity contribution in [2.24, 2.45) is 0 Å². The molecule has 0 radical (unpaired) electrons. The zero-order valence-electron chi connectivity index (χ0n) is 12.7. The summed E-state index contributed by atoms with van der Waals surface area (Å²) in [5.74, 6) is -0.433. The van der Waals surface area contributed by atoms with E-state index in [2.05, 4.69) is 0 Å². The van der Waals surface area contributed by atoms with Crippen LogP contribution in [0.15, 0.2) is 66.7 Å². The lowest BCUT2D eigenvalue weighted by molar-refractivity contribution is 0.0595. The normalized spacial score (nSPS) is 15.1. The molecule has 0 spiro atoms. The number of benzene rings is 3. The van der Waals surface area contributed by atoms with Crippen LogP contribution in [0.2, 0.25) is 0 Å². The first kappa shape index (κ1) is 13.7. The summed E-state index contributed by atoms with van der Waals surface area (Å²) in [6, 6.07) is 20.8. The summed E-state index contributed by atoms with van der Waals surface area (Å²) in [6.07, 6.45) is 0. The lowest BCUT2D eigenvalue weighted by Gasteiger charge is -2.23. The van der Waals surface area contributed by atoms with Crippen LogP contribution in [0.1, 0.15) is 39.2 Å². The molecule has 1 aliphatic rings. The standard InChI is InChI=1S/C20H15NO2/c1-13(15-11-10-14-6-2-3-7-16(14)12-15)21-19(22)17-8-4-5-9-18(17)20(21)23/h2-13H,1H3/t13-/m1/s1. The Hall–Kier alpha value is -2.94. The van der Waals surface area contributed by atoms with E-state index in [1.165, 1.54) is 4.90 Å². The van der Waals surface area contributed by atoms with Gasteiger partial charge >= 0.3 is 0 Å². The molecule has 0 bridgehead atoms. The molecule has 0 aliphatic carbocycles. The molecule has 0 saturated carbocycles. The smallest absolute Gasteiger partial charge is 0.262 e. The highest BCUT2D eigenvalue weighted by atomic mass is 16.2. The highest BCUT2D eigenvalue weighted by Crippen LogP contribution is 2.32. The fourth-order valence-corrected chi connectivity index (χ4v) is 3.18. The highest BCUT2D eigenvalue weighted by molar-refractivity contribution is 6.21. The Morgan fingerprint density at radius 1 is 0.739 bits per heavy atom. The van der Waals surface area contributed by atoms with Crippen molar-refractivity contribution in [2.75, 3.05) is 0 Å². The first-order valence-corrected chi connectivity index (χ1v) is 7.62. The first-order valence-electron chi connectivity index (χ1n) is 7.62. The van der Waals surface area contributed by atoms with Crippen LogP contribution in [0, 0.1) is 0 Å². The van der Waals surface area contributed by atoms with Crippen LogP contribution in [0.5, 0.6) is 0 Å². The molecule has 4 rings (SSSR count). The number of nitrogens with zero attached hydrogens (tertiary/aromatic N) is 1. The van der Waals surface area contributed by atoms with E-state index in [0.717, 1.165) is 16.3 Å². The molecule has 0 fully saturated rings. The summed E-state index contributed by atoms with van der Waals surface area (Å²) in [4.78, 5) is 26.5. The minimum atomic E-state index is -0.299. The predicted octanol–water partition coefficient (Wildman–Crippen LogP) is 4.20. The maximum Gasteiger partial charge on any atom is 0.262 e. The summed E-state index contributed by atoms with van der Waals surface area (Å²) in [5.41, 5.74) is 1.94. The van der Waals surface area contributed by atoms with Crippen LogP contribution in [-0.2, 0) is 0 Å². The van der Waals surface area contributed by atoms with Crippen LogP contribution < -0.4 is 0 Å². The zero-order valence-corrected chi connectivity index (χ0v) is 12.7. The number of hydrogen-bond acceptors (Lipinski definition) is 2. The molecule has 0 N–H and O–H groups in total. The molecular weight excluding hydrogens is 286 g/mol. The minimum absolute atomic E-state index is 0.216. The molecule has 0 saturated heterocycles. The third-order valence-electron chi connectivity index (χ3n) is 4.47. The second kappa shape index (κ2) is 5.06. The Kier molecular flexibility index (Phi) is 3.01. The van der Waals surface area contributed by atoms with Gasteiger partial charge in [0.2, 0.25) is 0 Å². The summed E-state index contributed by atoms with van der Waals surface area (Å²) >= 11 is 0. The topological polar surface area (TPSA) is 37.4 Å². The summed E-state index contributed by atoms with van der Waals surface area (Å²) in [6.45, 7) is 1.89. The Bertz CT molecular complexity index is 910. The Balaban J connectivity index is 1.75. The van der Waals surface area contributed by atoms with Gasteiger partial charge in [-0.1, -0.05) is 48.5 Å². The van der Waals surface area contributed by atoms with Crippen LogP contribution in [0.4, 0.5) is 0 Å². The van der Waals surface area contributed by atoms with Gasteiger partial charge in [-0.25, -0.2) is 0 Å². The molecule has 0 unspecified atom stereocenters. The van der Waals surface area contributed by atoms with Crippen molar-refractivity contribution in [2.45, 2.75) is 13.0 Å². The van der Waals surface area contributed by atoms with Crippen LogP contribution in [0.25, 0.3) is 10.8 Å². The molecule has 3 nitrogen and oxygen atoms in total. The Labute approximate surface area is 134 Å². The van der Waals surface area contributed by atoms with Gasteiger partial charge in [0, 0.05) is 0 Å². The van der Waals surface area contributed by atoms with E-state index in [9.17, 15) is 9.59 Å². The molecule has 23 heavy (non-hydrogen) atoms. The summed E-state index contributed by atoms with van der Waals surface area (Å²) in [7, 11) is 0. The van der Waals surface area contributed by atoms with Crippen LogP contribution in [0.3, 0.4) is 0 Å². The molecule has 0 aromatic heterocycles. The molecule has 1 heterocycles. The minimum Gasteiger partial charge on any atom is -0.269 e. The summed E-state index contributed by atoms with van der Waals surface area (Å²) in [5, 5.41) is 2.25. The number of imide groups is 1. The third kappa shape index (κ3) is 2.05. The molecule has 3 heteroatoms. The van der Waals surface area contributed by atoms with Gasteiger partial charge in [-0.15, -0.1) is 0 Å². The fraction of sp³-hybridized carbons (Fsp3) is 0.100. The van der Waals surface area contributed by atoms with E-state index in [0.29, 0.717) is 11.1 Å². The van der Waals surface area contributed by atoms with E-state index in [-0.39, 0.29) is 17.9 Å². The molecule has 1 atom stereocenters. The number of carbonyl (C=O) groups excluding carboxylic acids is 2. The van der Waals surface area contributed by atoms with Gasteiger partial charge in [0.25, 0.3) is 11.8 Å². The highest BCUT2D eigenvalue weighted by Gasteiger charge is 2.38. The molecule has 112 valence electrons. The molecular formula is C20H15NO2. The van der Waals surface area contributed by atoms with Gasteiger partial charge < -0.3 is 0 Å². The maximum absolute atomic E-state index is 12.6. The van der Waals surface area contributed by atoms with E-state index < -0.39 is 0 Å². The second-order valence-electron chi connectivity index (χ2n) is 5.81. The average molecular weight is 301 g/mol. The molecule has 3 aromatic carbocycles. The van der Waals surface area contributed by atoms with Gasteiger partial charge in [0.1, 0.15) is 0 Å².